The highest BCUT2D eigenvalue weighted by molar-refractivity contribution is 7.98. The molecule has 1 fully saturated rings. The number of carboxylic acids is 1. The van der Waals surface area contributed by atoms with E-state index in [2.05, 4.69) is 5.32 Å². The van der Waals surface area contributed by atoms with Crippen LogP contribution in [0.2, 0.25) is 0 Å². The summed E-state index contributed by atoms with van der Waals surface area (Å²) in [5.74, 6) is -0.876. The van der Waals surface area contributed by atoms with E-state index in [-0.39, 0.29) is 0 Å². The van der Waals surface area contributed by atoms with Gasteiger partial charge in [-0.25, -0.2) is 4.79 Å². The van der Waals surface area contributed by atoms with Gasteiger partial charge in [0.2, 0.25) is 0 Å². The zero-order chi connectivity index (χ0) is 14.6. The van der Waals surface area contributed by atoms with Gasteiger partial charge in [-0.05, 0) is 43.1 Å². The van der Waals surface area contributed by atoms with Crippen molar-refractivity contribution >= 4 is 23.4 Å². The predicted octanol–water partition coefficient (Wildman–Crippen LogP) is 3.34. The number of methoxy groups -OCH3 is 1. The number of carboxylic acid groups (broad SMARTS) is 1. The Bertz CT molecular complexity index is 486. The van der Waals surface area contributed by atoms with Crippen molar-refractivity contribution in [2.45, 2.75) is 24.2 Å². The second-order valence-corrected chi connectivity index (χ2v) is 6.13. The van der Waals surface area contributed by atoms with E-state index in [0.29, 0.717) is 16.7 Å². The van der Waals surface area contributed by atoms with Crippen LogP contribution in [0.5, 0.6) is 0 Å². The fourth-order valence-electron chi connectivity index (χ4n) is 2.36. The first-order chi connectivity index (χ1) is 9.62. The van der Waals surface area contributed by atoms with Crippen molar-refractivity contribution in [3.63, 3.8) is 0 Å². The van der Waals surface area contributed by atoms with Gasteiger partial charge in [-0.2, -0.15) is 0 Å². The van der Waals surface area contributed by atoms with Crippen molar-refractivity contribution in [3.8, 4) is 0 Å². The minimum atomic E-state index is -0.876. The molecule has 0 unspecified atom stereocenters. The van der Waals surface area contributed by atoms with E-state index in [1.165, 1.54) is 24.6 Å². The molecular weight excluding hydrogens is 274 g/mol. The van der Waals surface area contributed by atoms with Crippen molar-refractivity contribution in [1.82, 2.24) is 0 Å². The van der Waals surface area contributed by atoms with E-state index in [1.54, 1.807) is 7.11 Å². The SMILES string of the molecule is COCCC1(CNc2cccc(SC)c2C(=O)O)CC1. The van der Waals surface area contributed by atoms with Crippen LogP contribution in [0.15, 0.2) is 23.1 Å². The zero-order valence-corrected chi connectivity index (χ0v) is 12.8. The molecule has 1 aliphatic rings. The summed E-state index contributed by atoms with van der Waals surface area (Å²) in [6, 6.07) is 5.59. The molecule has 1 aromatic carbocycles. The number of carbonyl (C=O) groups is 1. The Kier molecular flexibility index (Phi) is 4.94. The summed E-state index contributed by atoms with van der Waals surface area (Å²) in [5.41, 5.74) is 1.39. The molecule has 5 heteroatoms. The van der Waals surface area contributed by atoms with E-state index >= 15 is 0 Å². The molecular formula is C15H21NO3S. The van der Waals surface area contributed by atoms with Crippen LogP contribution >= 0.6 is 11.8 Å². The van der Waals surface area contributed by atoms with Gasteiger partial charge in [-0.1, -0.05) is 6.07 Å². The van der Waals surface area contributed by atoms with Crippen LogP contribution in [0.25, 0.3) is 0 Å². The second-order valence-electron chi connectivity index (χ2n) is 5.28. The van der Waals surface area contributed by atoms with Crippen LogP contribution in [0.4, 0.5) is 5.69 Å². The summed E-state index contributed by atoms with van der Waals surface area (Å²) in [7, 11) is 1.72. The largest absolute Gasteiger partial charge is 0.478 e. The number of hydrogen-bond acceptors (Lipinski definition) is 4. The normalized spacial score (nSPS) is 15.9. The van der Waals surface area contributed by atoms with Crippen molar-refractivity contribution in [3.05, 3.63) is 23.8 Å². The smallest absolute Gasteiger partial charge is 0.338 e. The fraction of sp³-hybridized carbons (Fsp3) is 0.533. The Balaban J connectivity index is 2.08. The molecule has 4 nitrogen and oxygen atoms in total. The van der Waals surface area contributed by atoms with Crippen LogP contribution in [-0.4, -0.2) is 37.6 Å². The Morgan fingerprint density at radius 1 is 1.50 bits per heavy atom. The third-order valence-electron chi connectivity index (χ3n) is 3.91. The molecule has 1 saturated carbocycles. The molecule has 0 aliphatic heterocycles. The Hall–Kier alpha value is -1.20. The monoisotopic (exact) mass is 295 g/mol. The van der Waals surface area contributed by atoms with E-state index in [9.17, 15) is 9.90 Å². The van der Waals surface area contributed by atoms with Crippen LogP contribution in [-0.2, 0) is 4.74 Å². The maximum Gasteiger partial charge on any atom is 0.338 e. The maximum absolute atomic E-state index is 11.4. The molecule has 1 aliphatic carbocycles. The van der Waals surface area contributed by atoms with Gasteiger partial charge in [0.1, 0.15) is 0 Å². The number of nitrogens with one attached hydrogen (secondary N) is 1. The summed E-state index contributed by atoms with van der Waals surface area (Å²) in [4.78, 5) is 12.2. The van der Waals surface area contributed by atoms with Gasteiger partial charge in [0.05, 0.1) is 5.56 Å². The van der Waals surface area contributed by atoms with Crippen molar-refractivity contribution < 1.29 is 14.6 Å². The number of rotatable bonds is 8. The lowest BCUT2D eigenvalue weighted by molar-refractivity contribution is 0.0694. The van der Waals surface area contributed by atoms with Crippen LogP contribution in [0.3, 0.4) is 0 Å². The molecule has 0 aromatic heterocycles. The lowest BCUT2D eigenvalue weighted by Gasteiger charge is -2.18. The number of aromatic carboxylic acids is 1. The topological polar surface area (TPSA) is 58.6 Å². The quantitative estimate of drug-likeness (QED) is 0.720. The van der Waals surface area contributed by atoms with Gasteiger partial charge < -0.3 is 15.2 Å². The number of ether oxygens (including phenoxy) is 1. The van der Waals surface area contributed by atoms with Gasteiger partial charge in [-0.15, -0.1) is 11.8 Å². The summed E-state index contributed by atoms with van der Waals surface area (Å²) in [6.45, 7) is 1.58. The highest BCUT2D eigenvalue weighted by atomic mass is 32.2. The Morgan fingerprint density at radius 3 is 2.80 bits per heavy atom. The number of hydrogen-bond donors (Lipinski definition) is 2. The van der Waals surface area contributed by atoms with Gasteiger partial charge in [0.25, 0.3) is 0 Å². The summed E-state index contributed by atoms with van der Waals surface area (Å²) in [6.07, 6.45) is 5.30. The fourth-order valence-corrected chi connectivity index (χ4v) is 2.98. The van der Waals surface area contributed by atoms with Gasteiger partial charge in [0.15, 0.2) is 0 Å². The molecule has 0 spiro atoms. The number of thioether (sulfide) groups is 1. The van der Waals surface area contributed by atoms with Crippen molar-refractivity contribution in [2.75, 3.05) is 31.8 Å². The van der Waals surface area contributed by atoms with Crippen molar-refractivity contribution in [1.29, 1.82) is 0 Å². The first-order valence-electron chi connectivity index (χ1n) is 6.75. The lowest BCUT2D eigenvalue weighted by Crippen LogP contribution is -2.19. The van der Waals surface area contributed by atoms with E-state index in [0.717, 1.165) is 24.5 Å². The number of benzene rings is 1. The average Bonchev–Trinajstić information content (AvgIpc) is 3.22. The average molecular weight is 295 g/mol. The first-order valence-corrected chi connectivity index (χ1v) is 7.97. The van der Waals surface area contributed by atoms with E-state index in [4.69, 9.17) is 4.74 Å². The first kappa shape index (κ1) is 15.2. The lowest BCUT2D eigenvalue weighted by atomic mass is 10.0. The molecule has 2 N–H and O–H groups in total. The standard InChI is InChI=1S/C15H21NO3S/c1-19-9-8-15(6-7-15)10-16-11-4-3-5-12(20-2)13(11)14(17)18/h3-5,16H,6-10H2,1-2H3,(H,17,18). The number of anilines is 1. The molecule has 0 amide bonds. The van der Waals surface area contributed by atoms with Crippen LogP contribution < -0.4 is 5.32 Å². The second kappa shape index (κ2) is 6.50. The highest BCUT2D eigenvalue weighted by Crippen LogP contribution is 2.48. The Labute approximate surface area is 123 Å². The van der Waals surface area contributed by atoms with E-state index in [1.807, 2.05) is 24.5 Å². The zero-order valence-electron chi connectivity index (χ0n) is 11.9. The molecule has 0 radical (unpaired) electrons. The molecule has 0 bridgehead atoms. The molecule has 2 rings (SSSR count). The van der Waals surface area contributed by atoms with Gasteiger partial charge in [-0.3, -0.25) is 0 Å². The summed E-state index contributed by atoms with van der Waals surface area (Å²) in [5, 5.41) is 12.7. The van der Waals surface area contributed by atoms with Crippen molar-refractivity contribution in [2.24, 2.45) is 5.41 Å². The molecule has 0 saturated heterocycles. The predicted molar refractivity (Wildman–Crippen MR) is 81.8 cm³/mol. The minimum absolute atomic E-state index is 0.293. The van der Waals surface area contributed by atoms with Gasteiger partial charge >= 0.3 is 5.97 Å². The highest BCUT2D eigenvalue weighted by Gasteiger charge is 2.41. The van der Waals surface area contributed by atoms with Crippen LogP contribution in [0.1, 0.15) is 29.6 Å². The minimum Gasteiger partial charge on any atom is -0.478 e. The third kappa shape index (κ3) is 3.46. The summed E-state index contributed by atoms with van der Waals surface area (Å²) >= 11 is 1.46. The maximum atomic E-state index is 11.4. The molecule has 1 aromatic rings. The van der Waals surface area contributed by atoms with Crippen LogP contribution in [0, 0.1) is 5.41 Å². The Morgan fingerprint density at radius 2 is 2.25 bits per heavy atom. The van der Waals surface area contributed by atoms with E-state index < -0.39 is 5.97 Å². The molecule has 20 heavy (non-hydrogen) atoms. The third-order valence-corrected chi connectivity index (χ3v) is 4.69. The van der Waals surface area contributed by atoms with Gasteiger partial charge in [0, 0.05) is 30.8 Å². The summed E-state index contributed by atoms with van der Waals surface area (Å²) < 4.78 is 5.14. The molecule has 0 heterocycles. The molecule has 110 valence electrons. The molecule has 0 atom stereocenters.